The number of pyridine rings is 1. The van der Waals surface area contributed by atoms with E-state index in [1.54, 1.807) is 6.07 Å². The second-order valence-electron chi connectivity index (χ2n) is 5.50. The van der Waals surface area contributed by atoms with Gasteiger partial charge >= 0.3 is 0 Å². The Balaban J connectivity index is 2.30. The highest BCUT2D eigenvalue weighted by Gasteiger charge is 2.43. The molecule has 0 radical (unpaired) electrons. The molecule has 0 saturated heterocycles. The molecule has 1 aliphatic carbocycles. The summed E-state index contributed by atoms with van der Waals surface area (Å²) in [6, 6.07) is 1.54. The monoisotopic (exact) mass is 267 g/mol. The van der Waals surface area contributed by atoms with Crippen LogP contribution in [0.3, 0.4) is 0 Å². The Kier molecular flexibility index (Phi) is 4.53. The lowest BCUT2D eigenvalue weighted by Crippen LogP contribution is -2.44. The van der Waals surface area contributed by atoms with Crippen molar-refractivity contribution in [2.75, 3.05) is 6.61 Å². The molecule has 0 aliphatic heterocycles. The highest BCUT2D eigenvalue weighted by Crippen LogP contribution is 2.43. The molecule has 0 aromatic carbocycles. The van der Waals surface area contributed by atoms with Gasteiger partial charge in [-0.25, -0.2) is 4.39 Å². The lowest BCUT2D eigenvalue weighted by Gasteiger charge is -2.43. The molecule has 1 heterocycles. The molecular weight excluding hydrogens is 245 g/mol. The van der Waals surface area contributed by atoms with Gasteiger partial charge in [-0.1, -0.05) is 19.8 Å². The minimum absolute atomic E-state index is 0.289. The summed E-state index contributed by atoms with van der Waals surface area (Å²) in [4.78, 5) is 3.73. The summed E-state index contributed by atoms with van der Waals surface area (Å²) in [7, 11) is 0. The summed E-state index contributed by atoms with van der Waals surface area (Å²) < 4.78 is 19.7. The van der Waals surface area contributed by atoms with Crippen molar-refractivity contribution >= 4 is 0 Å². The summed E-state index contributed by atoms with van der Waals surface area (Å²) in [5.74, 6) is 0.0205. The Morgan fingerprint density at radius 1 is 1.63 bits per heavy atom. The number of ether oxygens (including phenoxy) is 1. The fourth-order valence-electron chi connectivity index (χ4n) is 3.18. The molecule has 1 saturated carbocycles. The van der Waals surface area contributed by atoms with Crippen molar-refractivity contribution in [1.82, 2.24) is 4.98 Å². The van der Waals surface area contributed by atoms with E-state index in [1.807, 2.05) is 6.92 Å². The van der Waals surface area contributed by atoms with Crippen LogP contribution in [0.15, 0.2) is 18.5 Å². The molecule has 19 heavy (non-hydrogen) atoms. The van der Waals surface area contributed by atoms with Crippen LogP contribution in [0.25, 0.3) is 0 Å². The van der Waals surface area contributed by atoms with E-state index < -0.39 is 17.5 Å². The molecule has 106 valence electrons. The Morgan fingerprint density at radius 2 is 2.42 bits per heavy atom. The third kappa shape index (κ3) is 2.95. The standard InChI is InChI=1S/C15H22FNO2/c1-3-19-15(7-4-5-11(2)9-15)14(18)12-6-8-17-10-13(12)16/h6,8,10-11,14,18H,3-5,7,9H2,1-2H3. The van der Waals surface area contributed by atoms with E-state index in [0.717, 1.165) is 31.9 Å². The summed E-state index contributed by atoms with van der Waals surface area (Å²) >= 11 is 0. The van der Waals surface area contributed by atoms with E-state index >= 15 is 0 Å². The largest absolute Gasteiger partial charge is 0.385 e. The number of aliphatic hydroxyl groups excluding tert-OH is 1. The van der Waals surface area contributed by atoms with Gasteiger partial charge in [0.05, 0.1) is 11.8 Å². The first-order valence-electron chi connectivity index (χ1n) is 7.00. The van der Waals surface area contributed by atoms with Crippen LogP contribution in [0.1, 0.15) is 51.2 Å². The molecule has 3 unspecified atom stereocenters. The number of rotatable bonds is 4. The number of aromatic nitrogens is 1. The average Bonchev–Trinajstić information content (AvgIpc) is 2.39. The Morgan fingerprint density at radius 3 is 3.05 bits per heavy atom. The first-order valence-corrected chi connectivity index (χ1v) is 7.00. The van der Waals surface area contributed by atoms with Crippen molar-refractivity contribution in [2.45, 2.75) is 51.2 Å². The molecule has 4 heteroatoms. The first-order chi connectivity index (χ1) is 9.09. The Bertz CT molecular complexity index is 422. The van der Waals surface area contributed by atoms with Crippen molar-refractivity contribution in [3.05, 3.63) is 29.8 Å². The van der Waals surface area contributed by atoms with E-state index in [2.05, 4.69) is 11.9 Å². The Labute approximate surface area is 113 Å². The average molecular weight is 267 g/mol. The van der Waals surface area contributed by atoms with Gasteiger partial charge in [-0.05, 0) is 31.7 Å². The minimum Gasteiger partial charge on any atom is -0.385 e. The first kappa shape index (κ1) is 14.4. The quantitative estimate of drug-likeness (QED) is 0.910. The van der Waals surface area contributed by atoms with Gasteiger partial charge in [0.2, 0.25) is 0 Å². The smallest absolute Gasteiger partial charge is 0.147 e. The molecule has 3 atom stereocenters. The fraction of sp³-hybridized carbons (Fsp3) is 0.667. The number of nitrogens with zero attached hydrogens (tertiary/aromatic N) is 1. The molecule has 1 fully saturated rings. The van der Waals surface area contributed by atoms with Crippen molar-refractivity contribution in [3.63, 3.8) is 0 Å². The van der Waals surface area contributed by atoms with Crippen LogP contribution in [0, 0.1) is 11.7 Å². The van der Waals surface area contributed by atoms with E-state index in [0.29, 0.717) is 12.5 Å². The minimum atomic E-state index is -0.932. The van der Waals surface area contributed by atoms with Crippen LogP contribution in [-0.2, 0) is 4.74 Å². The van der Waals surface area contributed by atoms with Crippen molar-refractivity contribution in [1.29, 1.82) is 0 Å². The lowest BCUT2D eigenvalue weighted by atomic mass is 9.74. The van der Waals surface area contributed by atoms with Gasteiger partial charge in [-0.3, -0.25) is 4.98 Å². The van der Waals surface area contributed by atoms with Crippen molar-refractivity contribution < 1.29 is 14.2 Å². The molecule has 0 amide bonds. The molecule has 1 aliphatic rings. The predicted molar refractivity (Wildman–Crippen MR) is 71.1 cm³/mol. The topological polar surface area (TPSA) is 42.4 Å². The van der Waals surface area contributed by atoms with Crippen molar-refractivity contribution in [2.24, 2.45) is 5.92 Å². The third-order valence-electron chi connectivity index (χ3n) is 4.02. The molecule has 1 aromatic rings. The number of hydrogen-bond donors (Lipinski definition) is 1. The van der Waals surface area contributed by atoms with Crippen LogP contribution in [0.4, 0.5) is 4.39 Å². The molecule has 3 nitrogen and oxygen atoms in total. The molecule has 0 spiro atoms. The van der Waals surface area contributed by atoms with Gasteiger partial charge in [-0.15, -0.1) is 0 Å². The van der Waals surface area contributed by atoms with E-state index in [1.165, 1.54) is 6.20 Å². The maximum absolute atomic E-state index is 13.8. The van der Waals surface area contributed by atoms with E-state index in [-0.39, 0.29) is 5.56 Å². The van der Waals surface area contributed by atoms with Gasteiger partial charge in [-0.2, -0.15) is 0 Å². The fourth-order valence-corrected chi connectivity index (χ4v) is 3.18. The van der Waals surface area contributed by atoms with Crippen molar-refractivity contribution in [3.8, 4) is 0 Å². The van der Waals surface area contributed by atoms with Crippen LogP contribution >= 0.6 is 0 Å². The van der Waals surface area contributed by atoms with Gasteiger partial charge in [0, 0.05) is 18.4 Å². The molecule has 2 rings (SSSR count). The zero-order chi connectivity index (χ0) is 13.9. The maximum atomic E-state index is 13.8. The Hall–Kier alpha value is -1.00. The summed E-state index contributed by atoms with van der Waals surface area (Å²) in [6.45, 7) is 4.59. The third-order valence-corrected chi connectivity index (χ3v) is 4.02. The van der Waals surface area contributed by atoms with Crippen LogP contribution in [-0.4, -0.2) is 22.3 Å². The number of hydrogen-bond acceptors (Lipinski definition) is 3. The zero-order valence-electron chi connectivity index (χ0n) is 11.6. The second kappa shape index (κ2) is 5.97. The maximum Gasteiger partial charge on any atom is 0.147 e. The van der Waals surface area contributed by atoms with Crippen LogP contribution < -0.4 is 0 Å². The zero-order valence-corrected chi connectivity index (χ0v) is 11.6. The molecule has 1 aromatic heterocycles. The van der Waals surface area contributed by atoms with Crippen LogP contribution in [0.2, 0.25) is 0 Å². The molecule has 0 bridgehead atoms. The van der Waals surface area contributed by atoms with Gasteiger partial charge in [0.25, 0.3) is 0 Å². The SMILES string of the molecule is CCOC1(C(O)c2ccncc2F)CCCC(C)C1. The lowest BCUT2D eigenvalue weighted by molar-refractivity contribution is -0.150. The van der Waals surface area contributed by atoms with E-state index in [4.69, 9.17) is 4.74 Å². The number of halogens is 1. The highest BCUT2D eigenvalue weighted by atomic mass is 19.1. The van der Waals surface area contributed by atoms with Gasteiger partial charge in [0.15, 0.2) is 0 Å². The van der Waals surface area contributed by atoms with Gasteiger partial charge in [0.1, 0.15) is 11.9 Å². The second-order valence-corrected chi connectivity index (χ2v) is 5.50. The predicted octanol–water partition coefficient (Wildman–Crippen LogP) is 3.24. The summed E-state index contributed by atoms with van der Waals surface area (Å²) in [6.07, 6.45) is 5.40. The summed E-state index contributed by atoms with van der Waals surface area (Å²) in [5, 5.41) is 10.6. The summed E-state index contributed by atoms with van der Waals surface area (Å²) in [5.41, 5.74) is -0.369. The highest BCUT2D eigenvalue weighted by molar-refractivity contribution is 5.20. The molecular formula is C15H22FNO2. The normalized spacial score (nSPS) is 29.2. The van der Waals surface area contributed by atoms with E-state index in [9.17, 15) is 9.50 Å². The van der Waals surface area contributed by atoms with Crippen LogP contribution in [0.5, 0.6) is 0 Å². The molecule has 1 N–H and O–H groups in total. The van der Waals surface area contributed by atoms with Gasteiger partial charge < -0.3 is 9.84 Å². The number of aliphatic hydroxyl groups is 1.